The van der Waals surface area contributed by atoms with Crippen LogP contribution in [0.2, 0.25) is 0 Å². The first-order valence-corrected chi connectivity index (χ1v) is 13.9. The summed E-state index contributed by atoms with van der Waals surface area (Å²) in [5.41, 5.74) is 3.73. The lowest BCUT2D eigenvalue weighted by Crippen LogP contribution is -2.39. The Kier molecular flexibility index (Phi) is 9.65. The third-order valence-electron chi connectivity index (χ3n) is 9.81. The zero-order chi connectivity index (χ0) is 24.9. The molecule has 194 valence electrons. The third kappa shape index (κ3) is 6.06. The minimum Gasteiger partial charge on any atom is -0.390 e. The van der Waals surface area contributed by atoms with E-state index in [4.69, 9.17) is 9.62 Å². The lowest BCUT2D eigenvalue weighted by Gasteiger charge is -2.44. The van der Waals surface area contributed by atoms with E-state index in [9.17, 15) is 10.4 Å². The second-order valence-corrected chi connectivity index (χ2v) is 11.8. The summed E-state index contributed by atoms with van der Waals surface area (Å²) >= 11 is 0. The molecule has 0 aliphatic heterocycles. The van der Waals surface area contributed by atoms with Gasteiger partial charge in [-0.05, 0) is 99.9 Å². The van der Waals surface area contributed by atoms with Gasteiger partial charge in [-0.15, -0.1) is 0 Å². The molecule has 34 heavy (non-hydrogen) atoms. The van der Waals surface area contributed by atoms with Crippen LogP contribution in [0.3, 0.4) is 0 Å². The predicted molar refractivity (Wildman–Crippen MR) is 140 cm³/mol. The van der Waals surface area contributed by atoms with Crippen LogP contribution in [0.1, 0.15) is 105 Å². The van der Waals surface area contributed by atoms with Crippen LogP contribution in [-0.4, -0.2) is 34.8 Å². The van der Waals surface area contributed by atoms with E-state index < -0.39 is 5.60 Å². The van der Waals surface area contributed by atoms with Crippen molar-refractivity contribution in [1.29, 1.82) is 0 Å². The summed E-state index contributed by atoms with van der Waals surface area (Å²) in [6.45, 7) is 15.9. The van der Waals surface area contributed by atoms with E-state index >= 15 is 0 Å². The molecule has 3 aliphatic carbocycles. The highest BCUT2D eigenvalue weighted by molar-refractivity contribution is 5.29. The van der Waals surface area contributed by atoms with Crippen molar-refractivity contribution in [3.05, 3.63) is 35.5 Å². The summed E-state index contributed by atoms with van der Waals surface area (Å²) in [7, 11) is 0. The Morgan fingerprint density at radius 1 is 1.21 bits per heavy atom. The number of rotatable bonds is 10. The van der Waals surface area contributed by atoms with Crippen molar-refractivity contribution in [3.63, 3.8) is 0 Å². The molecule has 0 spiro atoms. The van der Waals surface area contributed by atoms with E-state index in [-0.39, 0.29) is 12.2 Å². The van der Waals surface area contributed by atoms with Crippen LogP contribution in [-0.2, 0) is 9.62 Å². The van der Waals surface area contributed by atoms with Gasteiger partial charge in [-0.2, -0.15) is 0 Å². The minimum atomic E-state index is -0.526. The number of ether oxygens (including phenoxy) is 1. The van der Waals surface area contributed by atoms with Gasteiger partial charge in [-0.25, -0.2) is 4.89 Å². The summed E-state index contributed by atoms with van der Waals surface area (Å²) in [6, 6.07) is 0. The maximum Gasteiger partial charge on any atom is 0.117 e. The second kappa shape index (κ2) is 11.9. The molecule has 0 aromatic carbocycles. The maximum atomic E-state index is 10.5. The Bertz CT molecular complexity index is 749. The molecule has 3 rings (SSSR count). The summed E-state index contributed by atoms with van der Waals surface area (Å²) in [5, 5.41) is 19.8. The van der Waals surface area contributed by atoms with Gasteiger partial charge in [0.2, 0.25) is 0 Å². The second-order valence-electron chi connectivity index (χ2n) is 11.8. The van der Waals surface area contributed by atoms with Gasteiger partial charge >= 0.3 is 0 Å². The third-order valence-corrected chi connectivity index (χ3v) is 9.81. The van der Waals surface area contributed by atoms with Crippen molar-refractivity contribution in [2.75, 3.05) is 6.61 Å². The van der Waals surface area contributed by atoms with E-state index in [1.54, 1.807) is 5.57 Å². The fraction of sp³-hybridized carbons (Fsp3) is 0.800. The van der Waals surface area contributed by atoms with E-state index in [1.807, 2.05) is 0 Å². The molecule has 0 aromatic heterocycles. The molecule has 0 radical (unpaired) electrons. The minimum absolute atomic E-state index is 0.261. The van der Waals surface area contributed by atoms with Gasteiger partial charge in [0.05, 0.1) is 11.7 Å². The van der Waals surface area contributed by atoms with E-state index in [0.717, 1.165) is 50.7 Å². The van der Waals surface area contributed by atoms with E-state index in [0.29, 0.717) is 23.2 Å². The van der Waals surface area contributed by atoms with Gasteiger partial charge in [-0.3, -0.25) is 5.26 Å². The lowest BCUT2D eigenvalue weighted by molar-refractivity contribution is -0.270. The number of hydrogen-bond donors (Lipinski definition) is 2. The normalized spacial score (nSPS) is 35.7. The Morgan fingerprint density at radius 2 is 1.94 bits per heavy atom. The molecule has 0 heterocycles. The van der Waals surface area contributed by atoms with Crippen LogP contribution in [0.5, 0.6) is 0 Å². The Morgan fingerprint density at radius 3 is 2.62 bits per heavy atom. The van der Waals surface area contributed by atoms with Crippen molar-refractivity contribution in [2.24, 2.45) is 23.2 Å². The molecular weight excluding hydrogens is 424 g/mol. The molecule has 2 N–H and O–H groups in total. The first kappa shape index (κ1) is 27.6. The van der Waals surface area contributed by atoms with Crippen molar-refractivity contribution in [3.8, 4) is 0 Å². The zero-order valence-corrected chi connectivity index (χ0v) is 22.4. The summed E-state index contributed by atoms with van der Waals surface area (Å²) in [6.07, 6.45) is 16.0. The highest BCUT2D eigenvalue weighted by Gasteiger charge is 2.51. The zero-order valence-electron chi connectivity index (χ0n) is 22.4. The summed E-state index contributed by atoms with van der Waals surface area (Å²) in [5.74, 6) is 1.57. The smallest absolute Gasteiger partial charge is 0.117 e. The number of hydrogen-bond acceptors (Lipinski definition) is 4. The van der Waals surface area contributed by atoms with Crippen molar-refractivity contribution >= 4 is 0 Å². The summed E-state index contributed by atoms with van der Waals surface area (Å²) in [4.78, 5) is 4.70. The Hall–Kier alpha value is -0.940. The van der Waals surface area contributed by atoms with Gasteiger partial charge in [0.25, 0.3) is 0 Å². The van der Waals surface area contributed by atoms with Crippen LogP contribution in [0.25, 0.3) is 0 Å². The largest absolute Gasteiger partial charge is 0.390 e. The van der Waals surface area contributed by atoms with Gasteiger partial charge in [-0.1, -0.05) is 57.6 Å². The quantitative estimate of drug-likeness (QED) is 0.148. The van der Waals surface area contributed by atoms with Crippen LogP contribution in [0, 0.1) is 23.2 Å². The molecule has 6 atom stereocenters. The molecule has 4 heteroatoms. The first-order valence-electron chi connectivity index (χ1n) is 13.9. The Labute approximate surface area is 208 Å². The first-order chi connectivity index (χ1) is 16.2. The van der Waals surface area contributed by atoms with Gasteiger partial charge in [0, 0.05) is 13.0 Å². The average molecular weight is 475 g/mol. The molecule has 0 aromatic rings. The van der Waals surface area contributed by atoms with Crippen molar-refractivity contribution in [2.45, 2.75) is 123 Å². The molecule has 4 nitrogen and oxygen atoms in total. The SMILES string of the molecule is C=C1[C@H](C)C/C(=C\C=C2/CCCC3(C)C2CCC3[C@@H](C)OCCCC(O)(CC)CC)C[C@H]1OO. The molecule has 3 saturated carbocycles. The summed E-state index contributed by atoms with van der Waals surface area (Å²) < 4.78 is 6.37. The van der Waals surface area contributed by atoms with E-state index in [1.165, 1.54) is 37.7 Å². The Balaban J connectivity index is 1.61. The predicted octanol–water partition coefficient (Wildman–Crippen LogP) is 7.64. The monoisotopic (exact) mass is 474 g/mol. The van der Waals surface area contributed by atoms with E-state index in [2.05, 4.69) is 53.3 Å². The average Bonchev–Trinajstić information content (AvgIpc) is 3.19. The van der Waals surface area contributed by atoms with Crippen LogP contribution >= 0.6 is 0 Å². The fourth-order valence-electron chi connectivity index (χ4n) is 7.20. The topological polar surface area (TPSA) is 58.9 Å². The highest BCUT2D eigenvalue weighted by atomic mass is 17.1. The molecule has 0 saturated heterocycles. The van der Waals surface area contributed by atoms with Crippen LogP contribution < -0.4 is 0 Å². The van der Waals surface area contributed by atoms with Gasteiger partial charge in [0.1, 0.15) is 6.10 Å². The maximum absolute atomic E-state index is 10.5. The van der Waals surface area contributed by atoms with Crippen LogP contribution in [0.4, 0.5) is 0 Å². The lowest BCUT2D eigenvalue weighted by atomic mass is 9.62. The standard InChI is InChI=1S/C30H50O4/c1-7-30(31,8-2)17-10-18-33-23(5)26-14-15-27-25(11-9-16-29(26,27)6)13-12-24-19-21(3)22(4)28(20-24)34-32/h12-13,21,23,26-28,31-32H,4,7-11,14-20H2,1-3,5-6H3/b24-12+,25-13+/t21-,23-,26?,27?,28-,29?/m1/s1. The molecular formula is C30H50O4. The number of aliphatic hydroxyl groups is 1. The van der Waals surface area contributed by atoms with Gasteiger partial charge in [0.15, 0.2) is 0 Å². The molecule has 3 unspecified atom stereocenters. The van der Waals surface area contributed by atoms with Crippen molar-refractivity contribution < 1.29 is 20.0 Å². The molecule has 0 bridgehead atoms. The van der Waals surface area contributed by atoms with Crippen LogP contribution in [0.15, 0.2) is 35.5 Å². The highest BCUT2D eigenvalue weighted by Crippen LogP contribution is 2.58. The van der Waals surface area contributed by atoms with Gasteiger partial charge < -0.3 is 9.84 Å². The number of fused-ring (bicyclic) bond motifs is 1. The molecule has 3 aliphatic rings. The number of allylic oxidation sites excluding steroid dienone is 3. The fourth-order valence-corrected chi connectivity index (χ4v) is 7.20. The molecule has 0 amide bonds. The van der Waals surface area contributed by atoms with Crippen molar-refractivity contribution in [1.82, 2.24) is 0 Å². The molecule has 3 fully saturated rings.